The Morgan fingerprint density at radius 1 is 1.52 bits per heavy atom. The van der Waals surface area contributed by atoms with Gasteiger partial charge in [0, 0.05) is 17.2 Å². The third kappa shape index (κ3) is 2.51. The normalized spacial score (nSPS) is 26.8. The van der Waals surface area contributed by atoms with Crippen molar-refractivity contribution in [2.45, 2.75) is 30.7 Å². The van der Waals surface area contributed by atoms with Gasteiger partial charge in [0.25, 0.3) is 0 Å². The molecule has 0 radical (unpaired) electrons. The zero-order valence-electron chi connectivity index (χ0n) is 12.3. The SMILES string of the molecule is C[C@@]12CCC(=O)N1[C@H](C(=O)Nc1nc3ccc(Cl)cc3s1)CS2. The van der Waals surface area contributed by atoms with E-state index < -0.39 is 6.04 Å². The second-order valence-electron chi connectivity index (χ2n) is 5.89. The standard InChI is InChI=1S/C15H14ClN3O2S2/c1-15-5-4-12(20)19(15)10(7-22-15)13(21)18-14-17-9-3-2-8(16)6-11(9)23-14/h2-3,6,10H,4-5,7H2,1H3,(H,17,18,21)/t10-,15+/m0/s1. The van der Waals surface area contributed by atoms with Gasteiger partial charge in [-0.05, 0) is 31.5 Å². The molecule has 8 heteroatoms. The lowest BCUT2D eigenvalue weighted by molar-refractivity contribution is -0.135. The van der Waals surface area contributed by atoms with E-state index in [0.717, 1.165) is 16.6 Å². The van der Waals surface area contributed by atoms with E-state index in [1.54, 1.807) is 22.7 Å². The van der Waals surface area contributed by atoms with E-state index >= 15 is 0 Å². The molecule has 3 heterocycles. The zero-order valence-corrected chi connectivity index (χ0v) is 14.7. The van der Waals surface area contributed by atoms with Crippen LogP contribution in [0.25, 0.3) is 10.2 Å². The average Bonchev–Trinajstić information content (AvgIpc) is 3.12. The second kappa shape index (κ2) is 5.36. The minimum absolute atomic E-state index is 0.0636. The topological polar surface area (TPSA) is 62.3 Å². The van der Waals surface area contributed by atoms with Gasteiger partial charge in [0.2, 0.25) is 11.8 Å². The fourth-order valence-corrected chi connectivity index (χ4v) is 5.73. The first-order chi connectivity index (χ1) is 11.0. The van der Waals surface area contributed by atoms with Crippen LogP contribution >= 0.6 is 34.7 Å². The van der Waals surface area contributed by atoms with E-state index in [-0.39, 0.29) is 16.7 Å². The number of thiazole rings is 1. The molecule has 2 atom stereocenters. The molecule has 2 fully saturated rings. The lowest BCUT2D eigenvalue weighted by Crippen LogP contribution is -2.48. The molecule has 0 aliphatic carbocycles. The van der Waals surface area contributed by atoms with Crippen LogP contribution in [-0.4, -0.2) is 38.4 Å². The van der Waals surface area contributed by atoms with E-state index in [4.69, 9.17) is 11.6 Å². The molecule has 0 unspecified atom stereocenters. The zero-order chi connectivity index (χ0) is 16.2. The summed E-state index contributed by atoms with van der Waals surface area (Å²) in [4.78, 5) is 30.6. The highest BCUT2D eigenvalue weighted by Gasteiger charge is 2.52. The first kappa shape index (κ1) is 15.2. The van der Waals surface area contributed by atoms with Crippen molar-refractivity contribution in [3.05, 3.63) is 23.2 Å². The molecular formula is C15H14ClN3O2S2. The maximum Gasteiger partial charge on any atom is 0.249 e. The van der Waals surface area contributed by atoms with Crippen LogP contribution in [-0.2, 0) is 9.59 Å². The van der Waals surface area contributed by atoms with Crippen LogP contribution in [0.3, 0.4) is 0 Å². The number of benzene rings is 1. The van der Waals surface area contributed by atoms with E-state index in [1.807, 2.05) is 19.1 Å². The smallest absolute Gasteiger partial charge is 0.249 e. The molecule has 2 aliphatic heterocycles. The van der Waals surface area contributed by atoms with Crippen LogP contribution in [0.4, 0.5) is 5.13 Å². The quantitative estimate of drug-likeness (QED) is 0.884. The second-order valence-corrected chi connectivity index (χ2v) is 8.85. The third-order valence-electron chi connectivity index (χ3n) is 4.33. The van der Waals surface area contributed by atoms with Crippen molar-refractivity contribution in [3.63, 3.8) is 0 Å². The first-order valence-corrected chi connectivity index (χ1v) is 9.47. The molecule has 120 valence electrons. The Hall–Kier alpha value is -1.31. The number of carbonyl (C=O) groups is 2. The molecule has 2 saturated heterocycles. The molecule has 0 saturated carbocycles. The molecule has 0 bridgehead atoms. The summed E-state index contributed by atoms with van der Waals surface area (Å²) in [5.41, 5.74) is 0.803. The minimum Gasteiger partial charge on any atom is -0.315 e. The highest BCUT2D eigenvalue weighted by Crippen LogP contribution is 2.47. The highest BCUT2D eigenvalue weighted by atomic mass is 35.5. The molecule has 0 spiro atoms. The van der Waals surface area contributed by atoms with E-state index in [0.29, 0.717) is 22.3 Å². The Kier molecular flexibility index (Phi) is 3.55. The summed E-state index contributed by atoms with van der Waals surface area (Å²) in [5.74, 6) is 0.528. The predicted octanol–water partition coefficient (Wildman–Crippen LogP) is 3.34. The van der Waals surface area contributed by atoms with Crippen molar-refractivity contribution >= 4 is 61.9 Å². The monoisotopic (exact) mass is 367 g/mol. The summed E-state index contributed by atoms with van der Waals surface area (Å²) >= 11 is 9.04. The van der Waals surface area contributed by atoms with Gasteiger partial charge in [0.1, 0.15) is 6.04 Å². The van der Waals surface area contributed by atoms with Gasteiger partial charge >= 0.3 is 0 Å². The van der Waals surface area contributed by atoms with Crippen molar-refractivity contribution in [1.29, 1.82) is 0 Å². The van der Waals surface area contributed by atoms with Crippen LogP contribution in [0.5, 0.6) is 0 Å². The van der Waals surface area contributed by atoms with Gasteiger partial charge in [0.05, 0.1) is 15.1 Å². The van der Waals surface area contributed by atoms with Gasteiger partial charge in [-0.3, -0.25) is 9.59 Å². The Balaban J connectivity index is 1.56. The third-order valence-corrected chi connectivity index (χ3v) is 7.00. The minimum atomic E-state index is -0.421. The lowest BCUT2D eigenvalue weighted by Gasteiger charge is -2.29. The van der Waals surface area contributed by atoms with Crippen molar-refractivity contribution in [2.75, 3.05) is 11.1 Å². The number of anilines is 1. The maximum atomic E-state index is 12.6. The number of halogens is 1. The van der Waals surface area contributed by atoms with Crippen LogP contribution in [0.1, 0.15) is 19.8 Å². The predicted molar refractivity (Wildman–Crippen MR) is 94.0 cm³/mol. The van der Waals surface area contributed by atoms with Crippen molar-refractivity contribution in [1.82, 2.24) is 9.88 Å². The van der Waals surface area contributed by atoms with Gasteiger partial charge in [-0.1, -0.05) is 22.9 Å². The fourth-order valence-electron chi connectivity index (χ4n) is 3.16. The van der Waals surface area contributed by atoms with Crippen LogP contribution < -0.4 is 5.32 Å². The number of carbonyl (C=O) groups excluding carboxylic acids is 2. The molecule has 23 heavy (non-hydrogen) atoms. The Bertz CT molecular complexity index is 824. The number of amides is 2. The fraction of sp³-hybridized carbons (Fsp3) is 0.400. The van der Waals surface area contributed by atoms with Gasteiger partial charge < -0.3 is 10.2 Å². The van der Waals surface area contributed by atoms with Crippen LogP contribution in [0.2, 0.25) is 5.02 Å². The van der Waals surface area contributed by atoms with Gasteiger partial charge in [-0.15, -0.1) is 11.8 Å². The summed E-state index contributed by atoms with van der Waals surface area (Å²) in [6, 6.07) is 5.01. The lowest BCUT2D eigenvalue weighted by atomic mass is 10.2. The van der Waals surface area contributed by atoms with Gasteiger partial charge in [-0.2, -0.15) is 0 Å². The molecule has 1 aromatic carbocycles. The Morgan fingerprint density at radius 2 is 2.35 bits per heavy atom. The van der Waals surface area contributed by atoms with Crippen molar-refractivity contribution in [2.24, 2.45) is 0 Å². The van der Waals surface area contributed by atoms with Crippen LogP contribution in [0, 0.1) is 0 Å². The molecule has 2 aliphatic rings. The largest absolute Gasteiger partial charge is 0.315 e. The molecule has 1 N–H and O–H groups in total. The molecule has 1 aromatic heterocycles. The van der Waals surface area contributed by atoms with Crippen LogP contribution in [0.15, 0.2) is 18.2 Å². The van der Waals surface area contributed by atoms with E-state index in [1.165, 1.54) is 11.3 Å². The Morgan fingerprint density at radius 3 is 3.17 bits per heavy atom. The summed E-state index contributed by atoms with van der Waals surface area (Å²) in [6.45, 7) is 2.04. The summed E-state index contributed by atoms with van der Waals surface area (Å²) in [7, 11) is 0. The molecule has 5 nitrogen and oxygen atoms in total. The summed E-state index contributed by atoms with van der Waals surface area (Å²) in [6.07, 6.45) is 1.33. The number of hydrogen-bond donors (Lipinski definition) is 1. The number of aromatic nitrogens is 1. The molecular weight excluding hydrogens is 354 g/mol. The molecule has 2 amide bonds. The molecule has 2 aromatic rings. The Labute approximate surface area is 146 Å². The number of fused-ring (bicyclic) bond motifs is 2. The molecule has 4 rings (SSSR count). The van der Waals surface area contributed by atoms with E-state index in [9.17, 15) is 9.59 Å². The number of thioether (sulfide) groups is 1. The first-order valence-electron chi connectivity index (χ1n) is 7.29. The van der Waals surface area contributed by atoms with Crippen molar-refractivity contribution < 1.29 is 9.59 Å². The maximum absolute atomic E-state index is 12.6. The van der Waals surface area contributed by atoms with Crippen molar-refractivity contribution in [3.8, 4) is 0 Å². The van der Waals surface area contributed by atoms with Gasteiger partial charge in [0.15, 0.2) is 5.13 Å². The number of hydrogen-bond acceptors (Lipinski definition) is 5. The highest BCUT2D eigenvalue weighted by molar-refractivity contribution is 8.01. The van der Waals surface area contributed by atoms with Gasteiger partial charge in [-0.25, -0.2) is 4.98 Å². The summed E-state index contributed by atoms with van der Waals surface area (Å²) in [5, 5.41) is 4.04. The average molecular weight is 368 g/mol. The summed E-state index contributed by atoms with van der Waals surface area (Å²) < 4.78 is 0.927. The van der Waals surface area contributed by atoms with E-state index in [2.05, 4.69) is 10.3 Å². The number of nitrogens with one attached hydrogen (secondary N) is 1. The number of rotatable bonds is 2. The number of nitrogens with zero attached hydrogens (tertiary/aromatic N) is 2.